The topological polar surface area (TPSA) is 4.93 Å². The summed E-state index contributed by atoms with van der Waals surface area (Å²) >= 11 is 0. The van der Waals surface area contributed by atoms with Gasteiger partial charge in [0.05, 0.1) is 0 Å². The third-order valence-corrected chi connectivity index (χ3v) is 3.11. The van der Waals surface area contributed by atoms with E-state index < -0.39 is 0 Å². The zero-order valence-electron chi connectivity index (χ0n) is 9.62. The van der Waals surface area contributed by atoms with Crippen molar-refractivity contribution >= 4 is 0 Å². The van der Waals surface area contributed by atoms with Crippen molar-refractivity contribution in [3.63, 3.8) is 0 Å². The SMILES string of the molecule is Cc1cn(Cc2ccccc2)c(C)c1C. The Morgan fingerprint density at radius 3 is 2.20 bits per heavy atom. The van der Waals surface area contributed by atoms with Gasteiger partial charge in [-0.05, 0) is 37.5 Å². The van der Waals surface area contributed by atoms with E-state index in [-0.39, 0.29) is 0 Å². The standard InChI is InChI=1S/C14H17N/c1-11-9-15(13(3)12(11)2)10-14-7-5-4-6-8-14/h4-9H,10H2,1-3H3. The van der Waals surface area contributed by atoms with Crippen molar-refractivity contribution in [2.24, 2.45) is 0 Å². The van der Waals surface area contributed by atoms with Crippen LogP contribution in [0.4, 0.5) is 0 Å². The van der Waals surface area contributed by atoms with Gasteiger partial charge in [0, 0.05) is 18.4 Å². The van der Waals surface area contributed by atoms with Crippen molar-refractivity contribution in [1.29, 1.82) is 0 Å². The van der Waals surface area contributed by atoms with Crippen LogP contribution < -0.4 is 0 Å². The fourth-order valence-electron chi connectivity index (χ4n) is 1.87. The van der Waals surface area contributed by atoms with Crippen LogP contribution in [0.3, 0.4) is 0 Å². The zero-order valence-corrected chi connectivity index (χ0v) is 9.62. The molecule has 78 valence electrons. The number of benzene rings is 1. The number of nitrogens with zero attached hydrogens (tertiary/aromatic N) is 1. The Morgan fingerprint density at radius 2 is 1.67 bits per heavy atom. The van der Waals surface area contributed by atoms with Crippen LogP contribution >= 0.6 is 0 Å². The number of hydrogen-bond donors (Lipinski definition) is 0. The summed E-state index contributed by atoms with van der Waals surface area (Å²) in [5.74, 6) is 0. The zero-order chi connectivity index (χ0) is 10.8. The molecular weight excluding hydrogens is 182 g/mol. The predicted octanol–water partition coefficient (Wildman–Crippen LogP) is 3.46. The Labute approximate surface area is 91.4 Å². The van der Waals surface area contributed by atoms with Crippen molar-refractivity contribution in [2.75, 3.05) is 0 Å². The molecule has 1 heteroatoms. The van der Waals surface area contributed by atoms with Crippen LogP contribution in [0, 0.1) is 20.8 Å². The van der Waals surface area contributed by atoms with Crippen LogP contribution in [0.25, 0.3) is 0 Å². The number of rotatable bonds is 2. The molecule has 1 nitrogen and oxygen atoms in total. The molecule has 0 aliphatic heterocycles. The van der Waals surface area contributed by atoms with Gasteiger partial charge < -0.3 is 4.57 Å². The molecular formula is C14H17N. The lowest BCUT2D eigenvalue weighted by Crippen LogP contribution is -2.00. The van der Waals surface area contributed by atoms with E-state index in [1.54, 1.807) is 0 Å². The molecule has 0 saturated carbocycles. The minimum Gasteiger partial charge on any atom is -0.347 e. The molecule has 15 heavy (non-hydrogen) atoms. The molecule has 0 saturated heterocycles. The molecule has 1 heterocycles. The van der Waals surface area contributed by atoms with Crippen molar-refractivity contribution in [2.45, 2.75) is 27.3 Å². The number of hydrogen-bond acceptors (Lipinski definition) is 0. The summed E-state index contributed by atoms with van der Waals surface area (Å²) in [6.07, 6.45) is 2.23. The van der Waals surface area contributed by atoms with Crippen LogP contribution in [0.5, 0.6) is 0 Å². The van der Waals surface area contributed by atoms with Gasteiger partial charge >= 0.3 is 0 Å². The van der Waals surface area contributed by atoms with Gasteiger partial charge in [0.15, 0.2) is 0 Å². The second kappa shape index (κ2) is 3.93. The first-order chi connectivity index (χ1) is 7.18. The van der Waals surface area contributed by atoms with E-state index in [2.05, 4.69) is 61.9 Å². The third-order valence-electron chi connectivity index (χ3n) is 3.11. The summed E-state index contributed by atoms with van der Waals surface area (Å²) in [5, 5.41) is 0. The van der Waals surface area contributed by atoms with Gasteiger partial charge in [-0.2, -0.15) is 0 Å². The Balaban J connectivity index is 2.29. The molecule has 0 fully saturated rings. The van der Waals surface area contributed by atoms with Gasteiger partial charge in [-0.1, -0.05) is 30.3 Å². The fourth-order valence-corrected chi connectivity index (χ4v) is 1.87. The Kier molecular flexibility index (Phi) is 2.63. The molecule has 0 amide bonds. The average molecular weight is 199 g/mol. The highest BCUT2D eigenvalue weighted by molar-refractivity contribution is 5.30. The molecule has 0 atom stereocenters. The summed E-state index contributed by atoms with van der Waals surface area (Å²) < 4.78 is 2.32. The molecule has 1 aromatic heterocycles. The number of aromatic nitrogens is 1. The van der Waals surface area contributed by atoms with E-state index in [1.165, 1.54) is 22.4 Å². The van der Waals surface area contributed by atoms with Gasteiger partial charge in [0.2, 0.25) is 0 Å². The Hall–Kier alpha value is -1.50. The monoisotopic (exact) mass is 199 g/mol. The summed E-state index contributed by atoms with van der Waals surface area (Å²) in [4.78, 5) is 0. The van der Waals surface area contributed by atoms with Crippen LogP contribution in [-0.2, 0) is 6.54 Å². The first-order valence-corrected chi connectivity index (χ1v) is 5.35. The normalized spacial score (nSPS) is 10.6. The third kappa shape index (κ3) is 1.96. The van der Waals surface area contributed by atoms with Gasteiger partial charge in [-0.15, -0.1) is 0 Å². The first kappa shape index (κ1) is 10.0. The highest BCUT2D eigenvalue weighted by Gasteiger charge is 2.04. The summed E-state index contributed by atoms with van der Waals surface area (Å²) in [6.45, 7) is 7.52. The number of aryl methyl sites for hydroxylation is 1. The molecule has 0 bridgehead atoms. The maximum absolute atomic E-state index is 2.32. The molecule has 1 aromatic carbocycles. The lowest BCUT2D eigenvalue weighted by atomic mass is 10.2. The van der Waals surface area contributed by atoms with E-state index in [0.29, 0.717) is 0 Å². The molecule has 0 spiro atoms. The molecule has 2 aromatic rings. The fraction of sp³-hybridized carbons (Fsp3) is 0.286. The van der Waals surface area contributed by atoms with Crippen molar-refractivity contribution in [1.82, 2.24) is 4.57 Å². The Bertz CT molecular complexity index is 452. The van der Waals surface area contributed by atoms with E-state index in [1.807, 2.05) is 0 Å². The minimum absolute atomic E-state index is 0.974. The molecule has 0 radical (unpaired) electrons. The molecule has 0 aliphatic rings. The van der Waals surface area contributed by atoms with Crippen LogP contribution in [0.1, 0.15) is 22.4 Å². The van der Waals surface area contributed by atoms with Gasteiger partial charge in [-0.3, -0.25) is 0 Å². The van der Waals surface area contributed by atoms with Gasteiger partial charge in [-0.25, -0.2) is 0 Å². The van der Waals surface area contributed by atoms with E-state index in [4.69, 9.17) is 0 Å². The van der Waals surface area contributed by atoms with Crippen molar-refractivity contribution in [3.8, 4) is 0 Å². The largest absolute Gasteiger partial charge is 0.347 e. The maximum Gasteiger partial charge on any atom is 0.0472 e. The highest BCUT2D eigenvalue weighted by Crippen LogP contribution is 2.16. The maximum atomic E-state index is 2.32. The second-order valence-corrected chi connectivity index (χ2v) is 4.14. The second-order valence-electron chi connectivity index (χ2n) is 4.14. The average Bonchev–Trinajstić information content (AvgIpc) is 2.48. The molecule has 0 N–H and O–H groups in total. The predicted molar refractivity (Wildman–Crippen MR) is 64.2 cm³/mol. The quantitative estimate of drug-likeness (QED) is 0.698. The summed E-state index contributed by atoms with van der Waals surface area (Å²) in [6, 6.07) is 10.6. The Morgan fingerprint density at radius 1 is 1.00 bits per heavy atom. The highest BCUT2D eigenvalue weighted by atomic mass is 15.0. The molecule has 2 rings (SSSR count). The minimum atomic E-state index is 0.974. The van der Waals surface area contributed by atoms with Gasteiger partial charge in [0.25, 0.3) is 0 Å². The first-order valence-electron chi connectivity index (χ1n) is 5.35. The van der Waals surface area contributed by atoms with E-state index in [9.17, 15) is 0 Å². The van der Waals surface area contributed by atoms with E-state index >= 15 is 0 Å². The van der Waals surface area contributed by atoms with Gasteiger partial charge in [0.1, 0.15) is 0 Å². The molecule has 0 aliphatic carbocycles. The molecule has 0 unspecified atom stereocenters. The van der Waals surface area contributed by atoms with Crippen molar-refractivity contribution < 1.29 is 0 Å². The van der Waals surface area contributed by atoms with Crippen LogP contribution in [0.2, 0.25) is 0 Å². The lowest BCUT2D eigenvalue weighted by molar-refractivity contribution is 0.772. The van der Waals surface area contributed by atoms with Crippen LogP contribution in [0.15, 0.2) is 36.5 Å². The van der Waals surface area contributed by atoms with Crippen LogP contribution in [-0.4, -0.2) is 4.57 Å². The smallest absolute Gasteiger partial charge is 0.0472 e. The lowest BCUT2D eigenvalue weighted by Gasteiger charge is -2.06. The van der Waals surface area contributed by atoms with Crippen molar-refractivity contribution in [3.05, 3.63) is 58.9 Å². The summed E-state index contributed by atoms with van der Waals surface area (Å²) in [7, 11) is 0. The van der Waals surface area contributed by atoms with E-state index in [0.717, 1.165) is 6.54 Å². The summed E-state index contributed by atoms with van der Waals surface area (Å²) in [5.41, 5.74) is 5.52.